The highest BCUT2D eigenvalue weighted by Crippen LogP contribution is 2.45. The number of rotatable bonds is 5. The van der Waals surface area contributed by atoms with Gasteiger partial charge in [0.15, 0.2) is 0 Å². The fourth-order valence-corrected chi connectivity index (χ4v) is 3.24. The van der Waals surface area contributed by atoms with Crippen molar-refractivity contribution in [2.24, 2.45) is 5.92 Å². The van der Waals surface area contributed by atoms with E-state index >= 15 is 0 Å². The average Bonchev–Trinajstić information content (AvgIpc) is 3.05. The second kappa shape index (κ2) is 7.37. The maximum atomic E-state index is 14.3. The molecule has 26 heavy (non-hydrogen) atoms. The van der Waals surface area contributed by atoms with Crippen molar-refractivity contribution >= 4 is 0 Å². The van der Waals surface area contributed by atoms with Gasteiger partial charge in [-0.25, -0.2) is 17.6 Å². The van der Waals surface area contributed by atoms with Crippen molar-refractivity contribution in [1.29, 1.82) is 0 Å². The van der Waals surface area contributed by atoms with Crippen LogP contribution in [0.1, 0.15) is 32.6 Å². The van der Waals surface area contributed by atoms with Gasteiger partial charge < -0.3 is 4.74 Å². The SMILES string of the molecule is CC1CCN(C(F)C(F)(F)C2CCC(C(F)(F)C(F)C(F)(F)F)O2)CC1. The first-order valence-corrected chi connectivity index (χ1v) is 8.28. The summed E-state index contributed by atoms with van der Waals surface area (Å²) in [6.45, 7) is 1.97. The molecule has 0 aromatic carbocycles. The molecule has 4 atom stereocenters. The monoisotopic (exact) mass is 401 g/mol. The van der Waals surface area contributed by atoms with Crippen LogP contribution in [-0.4, -0.2) is 60.7 Å². The predicted octanol–water partition coefficient (Wildman–Crippen LogP) is 4.73. The fraction of sp³-hybridized carbons (Fsp3) is 1.00. The Kier molecular flexibility index (Phi) is 6.12. The zero-order valence-corrected chi connectivity index (χ0v) is 13.9. The molecule has 0 N–H and O–H groups in total. The number of hydrogen-bond donors (Lipinski definition) is 0. The first-order chi connectivity index (χ1) is 11.8. The van der Waals surface area contributed by atoms with E-state index in [9.17, 15) is 39.5 Å². The maximum Gasteiger partial charge on any atom is 0.425 e. The van der Waals surface area contributed by atoms with Crippen molar-refractivity contribution in [2.75, 3.05) is 13.1 Å². The van der Waals surface area contributed by atoms with Crippen molar-refractivity contribution < 1.29 is 44.3 Å². The summed E-state index contributed by atoms with van der Waals surface area (Å²) < 4.78 is 124. The van der Waals surface area contributed by atoms with Gasteiger partial charge in [-0.2, -0.15) is 22.0 Å². The molecule has 4 unspecified atom stereocenters. The van der Waals surface area contributed by atoms with Crippen molar-refractivity contribution in [2.45, 2.75) is 75.3 Å². The molecule has 154 valence electrons. The third-order valence-corrected chi connectivity index (χ3v) is 4.96. The molecule has 0 aromatic rings. The second-order valence-corrected chi connectivity index (χ2v) is 7.00. The number of piperidine rings is 1. The first-order valence-electron chi connectivity index (χ1n) is 8.28. The Morgan fingerprint density at radius 3 is 1.73 bits per heavy atom. The van der Waals surface area contributed by atoms with Crippen LogP contribution in [0.2, 0.25) is 0 Å². The number of halogens is 9. The molecule has 0 aromatic heterocycles. The molecule has 0 radical (unpaired) electrons. The molecule has 2 heterocycles. The van der Waals surface area contributed by atoms with Gasteiger partial charge in [-0.1, -0.05) is 6.92 Å². The number of ether oxygens (including phenoxy) is 1. The van der Waals surface area contributed by atoms with E-state index in [2.05, 4.69) is 4.74 Å². The van der Waals surface area contributed by atoms with Gasteiger partial charge in [0.2, 0.25) is 6.30 Å². The standard InChI is InChI=1S/C15H20F9NO/c1-8-4-6-25(7-5-8)12(17)14(20,21)10-3-2-9(26-10)13(18,19)11(16)15(22,23)24/h8-12H,2-7H2,1H3. The molecule has 0 saturated carbocycles. The molecule has 2 aliphatic rings. The van der Waals surface area contributed by atoms with Gasteiger partial charge in [-0.15, -0.1) is 0 Å². The minimum atomic E-state index is -5.86. The highest BCUT2D eigenvalue weighted by atomic mass is 19.4. The van der Waals surface area contributed by atoms with E-state index in [1.807, 2.05) is 6.92 Å². The van der Waals surface area contributed by atoms with E-state index in [0.29, 0.717) is 12.8 Å². The molecule has 0 aliphatic carbocycles. The maximum absolute atomic E-state index is 14.3. The molecule has 2 aliphatic heterocycles. The van der Waals surface area contributed by atoms with Crippen LogP contribution >= 0.6 is 0 Å². The van der Waals surface area contributed by atoms with Gasteiger partial charge in [0, 0.05) is 13.1 Å². The summed E-state index contributed by atoms with van der Waals surface area (Å²) in [7, 11) is 0. The zero-order chi connectivity index (χ0) is 19.9. The van der Waals surface area contributed by atoms with Crippen LogP contribution in [0.25, 0.3) is 0 Å². The molecule has 2 rings (SSSR count). The third kappa shape index (κ3) is 4.23. The van der Waals surface area contributed by atoms with Crippen molar-refractivity contribution in [3.8, 4) is 0 Å². The molecule has 2 nitrogen and oxygen atoms in total. The average molecular weight is 401 g/mol. The topological polar surface area (TPSA) is 12.5 Å². The number of nitrogens with zero attached hydrogens (tertiary/aromatic N) is 1. The van der Waals surface area contributed by atoms with E-state index in [-0.39, 0.29) is 19.0 Å². The molecule has 2 fully saturated rings. The Balaban J connectivity index is 2.04. The Bertz CT molecular complexity index is 476. The van der Waals surface area contributed by atoms with Gasteiger partial charge in [0.05, 0.1) is 0 Å². The van der Waals surface area contributed by atoms with E-state index < -0.39 is 55.5 Å². The quantitative estimate of drug-likeness (QED) is 0.488. The van der Waals surface area contributed by atoms with E-state index in [0.717, 1.165) is 4.90 Å². The van der Waals surface area contributed by atoms with Gasteiger partial charge in [0.1, 0.15) is 12.2 Å². The van der Waals surface area contributed by atoms with Crippen molar-refractivity contribution in [1.82, 2.24) is 4.90 Å². The second-order valence-electron chi connectivity index (χ2n) is 7.00. The van der Waals surface area contributed by atoms with Crippen LogP contribution < -0.4 is 0 Å². The third-order valence-electron chi connectivity index (χ3n) is 4.96. The minimum Gasteiger partial charge on any atom is -0.362 e. The van der Waals surface area contributed by atoms with Crippen LogP contribution in [0.15, 0.2) is 0 Å². The summed E-state index contributed by atoms with van der Waals surface area (Å²) in [4.78, 5) is 0.864. The lowest BCUT2D eigenvalue weighted by atomic mass is 9.97. The Morgan fingerprint density at radius 1 is 0.808 bits per heavy atom. The normalized spacial score (nSPS) is 29.8. The molecular formula is C15H20F9NO. The molecule has 0 bridgehead atoms. The van der Waals surface area contributed by atoms with Gasteiger partial charge in [-0.3, -0.25) is 4.90 Å². The van der Waals surface area contributed by atoms with Gasteiger partial charge >= 0.3 is 18.0 Å². The highest BCUT2D eigenvalue weighted by molar-refractivity contribution is 4.98. The lowest BCUT2D eigenvalue weighted by Crippen LogP contribution is -2.54. The fourth-order valence-electron chi connectivity index (χ4n) is 3.24. The summed E-state index contributed by atoms with van der Waals surface area (Å²) in [5.41, 5.74) is 0. The number of hydrogen-bond acceptors (Lipinski definition) is 2. The molecule has 11 heteroatoms. The Hall–Kier alpha value is -0.710. The Morgan fingerprint density at radius 2 is 1.27 bits per heavy atom. The lowest BCUT2D eigenvalue weighted by molar-refractivity contribution is -0.282. The lowest BCUT2D eigenvalue weighted by Gasteiger charge is -2.37. The van der Waals surface area contributed by atoms with Gasteiger partial charge in [0.25, 0.3) is 6.17 Å². The van der Waals surface area contributed by atoms with E-state index in [1.54, 1.807) is 0 Å². The smallest absolute Gasteiger partial charge is 0.362 e. The number of alkyl halides is 9. The summed E-state index contributed by atoms with van der Waals surface area (Å²) in [6.07, 6.45) is -19.0. The van der Waals surface area contributed by atoms with Crippen LogP contribution in [0.5, 0.6) is 0 Å². The molecular weight excluding hydrogens is 381 g/mol. The van der Waals surface area contributed by atoms with Crippen LogP contribution in [0.4, 0.5) is 39.5 Å². The highest BCUT2D eigenvalue weighted by Gasteiger charge is 2.64. The largest absolute Gasteiger partial charge is 0.425 e. The Labute approximate surface area is 144 Å². The van der Waals surface area contributed by atoms with Crippen LogP contribution in [-0.2, 0) is 4.74 Å². The van der Waals surface area contributed by atoms with E-state index in [4.69, 9.17) is 0 Å². The minimum absolute atomic E-state index is 0.0465. The zero-order valence-electron chi connectivity index (χ0n) is 13.9. The summed E-state index contributed by atoms with van der Waals surface area (Å²) in [5, 5.41) is 0. The molecule has 2 saturated heterocycles. The molecule has 0 spiro atoms. The predicted molar refractivity (Wildman–Crippen MR) is 73.6 cm³/mol. The van der Waals surface area contributed by atoms with Crippen molar-refractivity contribution in [3.05, 3.63) is 0 Å². The summed E-state index contributed by atoms with van der Waals surface area (Å²) in [6, 6.07) is 0. The van der Waals surface area contributed by atoms with Crippen molar-refractivity contribution in [3.63, 3.8) is 0 Å². The number of likely N-dealkylation sites (tertiary alicyclic amines) is 1. The molecule has 0 amide bonds. The summed E-state index contributed by atoms with van der Waals surface area (Å²) >= 11 is 0. The van der Waals surface area contributed by atoms with Gasteiger partial charge in [-0.05, 0) is 31.6 Å². The summed E-state index contributed by atoms with van der Waals surface area (Å²) in [5.74, 6) is -8.99. The van der Waals surface area contributed by atoms with E-state index in [1.165, 1.54) is 0 Å². The van der Waals surface area contributed by atoms with Crippen LogP contribution in [0.3, 0.4) is 0 Å². The van der Waals surface area contributed by atoms with Crippen LogP contribution in [0, 0.1) is 5.92 Å². The first kappa shape index (κ1) is 21.6.